The zero-order valence-electron chi connectivity index (χ0n) is 14.5. The number of aromatic amines is 2. The van der Waals surface area contributed by atoms with E-state index in [2.05, 4.69) is 39.1 Å². The van der Waals surface area contributed by atoms with Crippen molar-refractivity contribution in [2.24, 2.45) is 0 Å². The number of nitrogens with zero attached hydrogens (tertiary/aromatic N) is 1. The molecule has 1 aliphatic carbocycles. The van der Waals surface area contributed by atoms with E-state index in [9.17, 15) is 9.59 Å². The van der Waals surface area contributed by atoms with Gasteiger partial charge in [0.25, 0.3) is 0 Å². The summed E-state index contributed by atoms with van der Waals surface area (Å²) in [5.74, 6) is 0.778. The summed E-state index contributed by atoms with van der Waals surface area (Å²) < 4.78 is 5.93. The standard InChI is InChI=1S/C20H21N3O3/c24-19-20(25)22-18-12-16(6-3-7-17(18)21-19)26-11-10-23-9-8-14-4-1-2-5-15(14)13-23/h1-7H,8-13H2,(H,21,24)(H,22,25). The first-order valence-corrected chi connectivity index (χ1v) is 8.84. The van der Waals surface area contributed by atoms with E-state index in [1.165, 1.54) is 11.1 Å². The summed E-state index contributed by atoms with van der Waals surface area (Å²) in [6, 6.07) is 8.58. The largest absolute Gasteiger partial charge is 0.496 e. The van der Waals surface area contributed by atoms with Crippen LogP contribution in [0.5, 0.6) is 0 Å². The number of allylic oxidation sites excluding steroid dienone is 3. The number of rotatable bonds is 4. The zero-order chi connectivity index (χ0) is 17.9. The lowest BCUT2D eigenvalue weighted by atomic mass is 10.0. The quantitative estimate of drug-likeness (QED) is 0.820. The van der Waals surface area contributed by atoms with E-state index in [4.69, 9.17) is 4.74 Å². The molecule has 0 spiro atoms. The van der Waals surface area contributed by atoms with Crippen molar-refractivity contribution in [1.82, 2.24) is 14.9 Å². The fourth-order valence-electron chi connectivity index (χ4n) is 3.43. The van der Waals surface area contributed by atoms with Crippen LogP contribution in [0.2, 0.25) is 0 Å². The topological polar surface area (TPSA) is 78.2 Å². The van der Waals surface area contributed by atoms with E-state index in [0.29, 0.717) is 24.4 Å². The fraction of sp³-hybridized carbons (Fsp3) is 0.300. The van der Waals surface area contributed by atoms with Gasteiger partial charge < -0.3 is 14.7 Å². The van der Waals surface area contributed by atoms with E-state index in [-0.39, 0.29) is 0 Å². The van der Waals surface area contributed by atoms with Gasteiger partial charge in [-0.3, -0.25) is 14.5 Å². The molecule has 1 aromatic heterocycles. The number of aromatic nitrogens is 2. The molecule has 2 aliphatic rings. The molecule has 1 aliphatic heterocycles. The lowest BCUT2D eigenvalue weighted by molar-refractivity contribution is 0.146. The molecular formula is C20H21N3O3. The molecule has 0 radical (unpaired) electrons. The average molecular weight is 351 g/mol. The Bertz CT molecular complexity index is 984. The molecule has 0 amide bonds. The normalized spacial score (nSPS) is 16.4. The third kappa shape index (κ3) is 3.55. The first kappa shape index (κ1) is 16.6. The van der Waals surface area contributed by atoms with Gasteiger partial charge in [0.15, 0.2) is 0 Å². The highest BCUT2D eigenvalue weighted by atomic mass is 16.5. The summed E-state index contributed by atoms with van der Waals surface area (Å²) in [7, 11) is 0. The average Bonchev–Trinajstić information content (AvgIpc) is 2.84. The Balaban J connectivity index is 1.35. The minimum atomic E-state index is -0.636. The van der Waals surface area contributed by atoms with Gasteiger partial charge in [0, 0.05) is 31.7 Å². The summed E-state index contributed by atoms with van der Waals surface area (Å²) >= 11 is 0. The lowest BCUT2D eigenvalue weighted by Crippen LogP contribution is -2.33. The van der Waals surface area contributed by atoms with Crippen LogP contribution in [0, 0.1) is 0 Å². The minimum Gasteiger partial charge on any atom is -0.496 e. The van der Waals surface area contributed by atoms with Crippen LogP contribution in [0.1, 0.15) is 22.5 Å². The molecule has 0 saturated heterocycles. The highest BCUT2D eigenvalue weighted by Crippen LogP contribution is 2.19. The van der Waals surface area contributed by atoms with Crippen LogP contribution in [0.25, 0.3) is 6.08 Å². The minimum absolute atomic E-state index is 0.456. The smallest absolute Gasteiger partial charge is 0.314 e. The molecule has 2 aromatic rings. The van der Waals surface area contributed by atoms with Gasteiger partial charge in [0.2, 0.25) is 0 Å². The second kappa shape index (κ2) is 7.17. The third-order valence-electron chi connectivity index (χ3n) is 4.84. The van der Waals surface area contributed by atoms with Crippen molar-refractivity contribution in [3.05, 3.63) is 85.4 Å². The highest BCUT2D eigenvalue weighted by molar-refractivity contribution is 5.51. The molecule has 0 fully saturated rings. The van der Waals surface area contributed by atoms with Crippen LogP contribution in [0.4, 0.5) is 0 Å². The predicted molar refractivity (Wildman–Crippen MR) is 99.9 cm³/mol. The van der Waals surface area contributed by atoms with Crippen LogP contribution in [0.15, 0.2) is 51.8 Å². The Kier molecular flexibility index (Phi) is 4.58. The molecule has 0 atom stereocenters. The number of benzene rings is 1. The van der Waals surface area contributed by atoms with Crippen molar-refractivity contribution in [2.75, 3.05) is 19.7 Å². The second-order valence-corrected chi connectivity index (χ2v) is 6.61. The van der Waals surface area contributed by atoms with E-state index in [1.807, 2.05) is 12.2 Å². The second-order valence-electron chi connectivity index (χ2n) is 6.61. The Morgan fingerprint density at radius 2 is 1.88 bits per heavy atom. The summed E-state index contributed by atoms with van der Waals surface area (Å²) in [4.78, 5) is 30.6. The lowest BCUT2D eigenvalue weighted by Gasteiger charge is -2.28. The maximum atomic E-state index is 11.5. The number of hydrogen-bond donors (Lipinski definition) is 2. The van der Waals surface area contributed by atoms with Crippen molar-refractivity contribution in [3.63, 3.8) is 0 Å². The summed E-state index contributed by atoms with van der Waals surface area (Å²) in [5, 5.41) is 0. The first-order chi connectivity index (χ1) is 12.7. The van der Waals surface area contributed by atoms with Crippen LogP contribution in [-0.2, 0) is 24.1 Å². The number of nitrogens with one attached hydrogen (secondary N) is 2. The van der Waals surface area contributed by atoms with Gasteiger partial charge in [-0.25, -0.2) is 0 Å². The summed E-state index contributed by atoms with van der Waals surface area (Å²) in [6.07, 6.45) is 7.00. The van der Waals surface area contributed by atoms with Crippen LogP contribution < -0.4 is 11.1 Å². The predicted octanol–water partition coefficient (Wildman–Crippen LogP) is 1.59. The SMILES string of the molecule is O=c1[nH]c2c([nH]c1=O)CC(OCCN1CCc3ccccc3C1)=CC=C2. The van der Waals surface area contributed by atoms with Gasteiger partial charge in [0.1, 0.15) is 12.4 Å². The summed E-state index contributed by atoms with van der Waals surface area (Å²) in [6.45, 7) is 3.43. The van der Waals surface area contributed by atoms with E-state index in [0.717, 1.165) is 31.8 Å². The van der Waals surface area contributed by atoms with Crippen LogP contribution in [-0.4, -0.2) is 34.6 Å². The molecular weight excluding hydrogens is 330 g/mol. The zero-order valence-corrected chi connectivity index (χ0v) is 14.5. The molecule has 0 unspecified atom stereocenters. The van der Waals surface area contributed by atoms with Gasteiger partial charge in [-0.1, -0.05) is 30.3 Å². The number of ether oxygens (including phenoxy) is 1. The molecule has 134 valence electrons. The van der Waals surface area contributed by atoms with E-state index < -0.39 is 11.1 Å². The van der Waals surface area contributed by atoms with Gasteiger partial charge >= 0.3 is 11.1 Å². The molecule has 1 aromatic carbocycles. The molecule has 26 heavy (non-hydrogen) atoms. The Morgan fingerprint density at radius 3 is 2.77 bits per heavy atom. The molecule has 6 heteroatoms. The van der Waals surface area contributed by atoms with Crippen LogP contribution >= 0.6 is 0 Å². The molecule has 6 nitrogen and oxygen atoms in total. The number of H-pyrrole nitrogens is 2. The molecule has 2 N–H and O–H groups in total. The third-order valence-corrected chi connectivity index (χ3v) is 4.84. The number of fused-ring (bicyclic) bond motifs is 2. The Morgan fingerprint density at radius 1 is 1.08 bits per heavy atom. The molecule has 0 saturated carbocycles. The van der Waals surface area contributed by atoms with Gasteiger partial charge in [-0.05, 0) is 29.7 Å². The first-order valence-electron chi connectivity index (χ1n) is 8.84. The maximum absolute atomic E-state index is 11.5. The molecule has 0 bridgehead atoms. The van der Waals surface area contributed by atoms with Crippen molar-refractivity contribution >= 4 is 6.08 Å². The van der Waals surface area contributed by atoms with Crippen molar-refractivity contribution in [1.29, 1.82) is 0 Å². The van der Waals surface area contributed by atoms with Gasteiger partial charge in [-0.2, -0.15) is 0 Å². The van der Waals surface area contributed by atoms with Crippen molar-refractivity contribution < 1.29 is 4.74 Å². The van der Waals surface area contributed by atoms with E-state index in [1.54, 1.807) is 6.08 Å². The van der Waals surface area contributed by atoms with Gasteiger partial charge in [0.05, 0.1) is 5.69 Å². The maximum Gasteiger partial charge on any atom is 0.314 e. The van der Waals surface area contributed by atoms with Crippen molar-refractivity contribution in [2.45, 2.75) is 19.4 Å². The monoisotopic (exact) mass is 351 g/mol. The van der Waals surface area contributed by atoms with E-state index >= 15 is 0 Å². The van der Waals surface area contributed by atoms with Crippen LogP contribution in [0.3, 0.4) is 0 Å². The van der Waals surface area contributed by atoms with Gasteiger partial charge in [-0.15, -0.1) is 0 Å². The highest BCUT2D eigenvalue weighted by Gasteiger charge is 2.16. The number of hydrogen-bond acceptors (Lipinski definition) is 4. The Labute approximate surface area is 150 Å². The summed E-state index contributed by atoms with van der Waals surface area (Å²) in [5.41, 5.74) is 2.86. The molecule has 4 rings (SSSR count). The Hall–Kier alpha value is -2.86. The fourth-order valence-corrected chi connectivity index (χ4v) is 3.43. The molecule has 2 heterocycles. The van der Waals surface area contributed by atoms with Crippen molar-refractivity contribution in [3.8, 4) is 0 Å².